The number of nitro benzene ring substituents is 2. The van der Waals surface area contributed by atoms with E-state index in [-0.39, 0.29) is 22.4 Å². The van der Waals surface area contributed by atoms with E-state index in [9.17, 15) is 20.2 Å². The van der Waals surface area contributed by atoms with E-state index in [1.54, 1.807) is 0 Å². The molecule has 6 heteroatoms. The molecule has 6 nitrogen and oxygen atoms in total. The van der Waals surface area contributed by atoms with Crippen LogP contribution in [0.5, 0.6) is 0 Å². The molecule has 1 aromatic rings. The van der Waals surface area contributed by atoms with Crippen LogP contribution in [0.25, 0.3) is 0 Å². The van der Waals surface area contributed by atoms with Gasteiger partial charge in [0.15, 0.2) is 0 Å². The summed E-state index contributed by atoms with van der Waals surface area (Å²) in [6.07, 6.45) is 0. The average Bonchev–Trinajstić information content (AvgIpc) is 2.24. The van der Waals surface area contributed by atoms with Crippen LogP contribution < -0.4 is 0 Å². The van der Waals surface area contributed by atoms with Crippen molar-refractivity contribution in [1.29, 1.82) is 0 Å². The second-order valence-corrected chi connectivity index (χ2v) is 4.72. The summed E-state index contributed by atoms with van der Waals surface area (Å²) in [6.45, 7) is 5.62. The highest BCUT2D eigenvalue weighted by molar-refractivity contribution is 5.56. The van der Waals surface area contributed by atoms with Crippen molar-refractivity contribution >= 4 is 11.4 Å². The van der Waals surface area contributed by atoms with Crippen molar-refractivity contribution in [2.24, 2.45) is 5.41 Å². The first-order valence-corrected chi connectivity index (χ1v) is 5.17. The zero-order chi connectivity index (χ0) is 13.9. The molecular weight excluding hydrogens is 236 g/mol. The Balaban J connectivity index is 3.32. The van der Waals surface area contributed by atoms with Gasteiger partial charge >= 0.3 is 0 Å². The summed E-state index contributed by atoms with van der Waals surface area (Å²) in [5.74, 6) is 5.54. The second kappa shape index (κ2) is 4.84. The molecule has 0 aromatic heterocycles. The number of non-ortho nitro benzene ring substituents is 1. The third-order valence-corrected chi connectivity index (χ3v) is 1.96. The molecule has 0 atom stereocenters. The number of benzene rings is 1. The van der Waals surface area contributed by atoms with E-state index in [0.717, 1.165) is 6.07 Å². The molecule has 18 heavy (non-hydrogen) atoms. The van der Waals surface area contributed by atoms with Gasteiger partial charge in [-0.2, -0.15) is 0 Å². The fraction of sp³-hybridized carbons (Fsp3) is 0.333. The highest BCUT2D eigenvalue weighted by Gasteiger charge is 2.18. The Hall–Kier alpha value is -2.42. The van der Waals surface area contributed by atoms with Crippen LogP contribution in [-0.2, 0) is 0 Å². The third kappa shape index (κ3) is 3.56. The highest BCUT2D eigenvalue weighted by atomic mass is 16.6. The SMILES string of the molecule is CC(C)(C)C#Cc1ccc([N+](=O)[O-])cc1[N+](=O)[O-]. The van der Waals surface area contributed by atoms with Gasteiger partial charge in [-0.25, -0.2) is 0 Å². The van der Waals surface area contributed by atoms with Crippen LogP contribution in [0.2, 0.25) is 0 Å². The van der Waals surface area contributed by atoms with Crippen LogP contribution in [0.4, 0.5) is 11.4 Å². The van der Waals surface area contributed by atoms with Gasteiger partial charge in [-0.3, -0.25) is 20.2 Å². The molecule has 0 saturated heterocycles. The lowest BCUT2D eigenvalue weighted by atomic mass is 9.97. The van der Waals surface area contributed by atoms with Crippen molar-refractivity contribution in [3.05, 3.63) is 44.0 Å². The summed E-state index contributed by atoms with van der Waals surface area (Å²) in [4.78, 5) is 20.0. The van der Waals surface area contributed by atoms with E-state index in [0.29, 0.717) is 0 Å². The Bertz CT molecular complexity index is 562. The third-order valence-electron chi connectivity index (χ3n) is 1.96. The summed E-state index contributed by atoms with van der Waals surface area (Å²) < 4.78 is 0. The molecule has 0 unspecified atom stereocenters. The van der Waals surface area contributed by atoms with Gasteiger partial charge in [-0.05, 0) is 26.8 Å². The Labute approximate surface area is 104 Å². The second-order valence-electron chi connectivity index (χ2n) is 4.72. The molecule has 0 radical (unpaired) electrons. The average molecular weight is 248 g/mol. The Kier molecular flexibility index (Phi) is 3.67. The maximum absolute atomic E-state index is 10.8. The van der Waals surface area contributed by atoms with Crippen molar-refractivity contribution in [2.75, 3.05) is 0 Å². The van der Waals surface area contributed by atoms with Crippen molar-refractivity contribution in [3.8, 4) is 11.8 Å². The first-order valence-electron chi connectivity index (χ1n) is 5.17. The molecule has 0 spiro atoms. The first-order chi connectivity index (χ1) is 8.20. The zero-order valence-electron chi connectivity index (χ0n) is 10.3. The smallest absolute Gasteiger partial charge is 0.258 e. The van der Waals surface area contributed by atoms with Gasteiger partial charge in [0.1, 0.15) is 5.56 Å². The summed E-state index contributed by atoms with van der Waals surface area (Å²) in [6, 6.07) is 3.43. The monoisotopic (exact) mass is 248 g/mol. The zero-order valence-corrected chi connectivity index (χ0v) is 10.3. The van der Waals surface area contributed by atoms with Crippen molar-refractivity contribution < 1.29 is 9.85 Å². The lowest BCUT2D eigenvalue weighted by Crippen LogP contribution is -2.00. The summed E-state index contributed by atoms with van der Waals surface area (Å²) in [7, 11) is 0. The number of nitrogens with zero attached hydrogens (tertiary/aromatic N) is 2. The molecule has 0 N–H and O–H groups in total. The Morgan fingerprint density at radius 3 is 2.17 bits per heavy atom. The lowest BCUT2D eigenvalue weighted by Gasteiger charge is -2.06. The molecular formula is C12H12N2O4. The molecule has 0 amide bonds. The van der Waals surface area contributed by atoms with E-state index >= 15 is 0 Å². The molecule has 1 rings (SSSR count). The van der Waals surface area contributed by atoms with Crippen molar-refractivity contribution in [2.45, 2.75) is 20.8 Å². The number of hydrogen-bond donors (Lipinski definition) is 0. The van der Waals surface area contributed by atoms with Gasteiger partial charge in [0, 0.05) is 11.5 Å². The van der Waals surface area contributed by atoms with E-state index < -0.39 is 9.85 Å². The summed E-state index contributed by atoms with van der Waals surface area (Å²) in [5.41, 5.74) is -0.778. The molecule has 1 aromatic carbocycles. The van der Waals surface area contributed by atoms with Crippen LogP contribution in [0.15, 0.2) is 18.2 Å². The fourth-order valence-electron chi connectivity index (χ4n) is 1.15. The quantitative estimate of drug-likeness (QED) is 0.457. The van der Waals surface area contributed by atoms with Crippen LogP contribution in [-0.4, -0.2) is 9.85 Å². The molecule has 0 heterocycles. The minimum Gasteiger partial charge on any atom is -0.258 e. The molecule has 94 valence electrons. The van der Waals surface area contributed by atoms with E-state index in [2.05, 4.69) is 11.8 Å². The van der Waals surface area contributed by atoms with Gasteiger partial charge in [0.05, 0.1) is 15.9 Å². The van der Waals surface area contributed by atoms with Gasteiger partial charge in [-0.15, -0.1) is 0 Å². The molecule has 0 aliphatic rings. The van der Waals surface area contributed by atoms with Gasteiger partial charge in [-0.1, -0.05) is 11.8 Å². The number of rotatable bonds is 2. The largest absolute Gasteiger partial charge is 0.291 e. The van der Waals surface area contributed by atoms with Crippen molar-refractivity contribution in [1.82, 2.24) is 0 Å². The van der Waals surface area contributed by atoms with E-state index in [4.69, 9.17) is 0 Å². The lowest BCUT2D eigenvalue weighted by molar-refractivity contribution is -0.394. The molecule has 0 aliphatic heterocycles. The Morgan fingerprint density at radius 2 is 1.72 bits per heavy atom. The summed E-state index contributed by atoms with van der Waals surface area (Å²) in [5, 5.41) is 21.4. The van der Waals surface area contributed by atoms with Crippen LogP contribution >= 0.6 is 0 Å². The highest BCUT2D eigenvalue weighted by Crippen LogP contribution is 2.24. The molecule has 0 fully saturated rings. The maximum Gasteiger partial charge on any atom is 0.291 e. The fourth-order valence-corrected chi connectivity index (χ4v) is 1.15. The maximum atomic E-state index is 10.8. The van der Waals surface area contributed by atoms with Gasteiger partial charge in [0.2, 0.25) is 0 Å². The number of nitro groups is 2. The van der Waals surface area contributed by atoms with Gasteiger partial charge in [0.25, 0.3) is 11.4 Å². The normalized spacial score (nSPS) is 10.4. The van der Waals surface area contributed by atoms with Crippen LogP contribution in [0.1, 0.15) is 26.3 Å². The minimum absolute atomic E-state index is 0.181. The molecule has 0 bridgehead atoms. The predicted octanol–water partition coefficient (Wildman–Crippen LogP) is 2.90. The van der Waals surface area contributed by atoms with E-state index in [1.165, 1.54) is 12.1 Å². The topological polar surface area (TPSA) is 86.3 Å². The number of hydrogen-bond acceptors (Lipinski definition) is 4. The molecule has 0 aliphatic carbocycles. The predicted molar refractivity (Wildman–Crippen MR) is 66.1 cm³/mol. The molecule has 0 saturated carbocycles. The Morgan fingerprint density at radius 1 is 1.11 bits per heavy atom. The van der Waals surface area contributed by atoms with Gasteiger partial charge < -0.3 is 0 Å². The van der Waals surface area contributed by atoms with E-state index in [1.807, 2.05) is 20.8 Å². The van der Waals surface area contributed by atoms with Crippen LogP contribution in [0, 0.1) is 37.5 Å². The standard InChI is InChI=1S/C12H12N2O4/c1-12(2,3)7-6-9-4-5-10(13(15)16)8-11(9)14(17)18/h4-5,8H,1-3H3. The van der Waals surface area contributed by atoms with Crippen LogP contribution in [0.3, 0.4) is 0 Å². The minimum atomic E-state index is -0.673. The first kappa shape index (κ1) is 13.6. The summed E-state index contributed by atoms with van der Waals surface area (Å²) >= 11 is 0. The van der Waals surface area contributed by atoms with Crippen molar-refractivity contribution in [3.63, 3.8) is 0 Å².